The molecule has 0 saturated carbocycles. The maximum Gasteiger partial charge on any atom is 0.416 e. The molecule has 11 nitrogen and oxygen atoms in total. The van der Waals surface area contributed by atoms with Crippen LogP contribution in [-0.2, 0) is 21.9 Å². The number of piperazine rings is 1. The van der Waals surface area contributed by atoms with Crippen molar-refractivity contribution >= 4 is 23.4 Å². The quantitative estimate of drug-likeness (QED) is 0.297. The zero-order chi connectivity index (χ0) is 36.6. The molecule has 1 aromatic carbocycles. The Hall–Kier alpha value is -4.67. The van der Waals surface area contributed by atoms with Crippen molar-refractivity contribution in [3.05, 3.63) is 70.9 Å². The standard InChI is InChI=1S/C33H37F6N7O4/c1-5-31(40)16-24(28-25(7-8-26(43-28)49-4)46(31)30(48)50-6-2)27(20-13-21(32(34,35)36)15-22(14-20)33(37,38)39)29-41-17-23(18-42-29)45-11-9-44(10-12-45)19(3)47/h7-8,13-15,17-18,24,27H,5-6,9-12,16,40H2,1-4H3/t24-,27?,31+/m0/s1. The van der Waals surface area contributed by atoms with Crippen LogP contribution in [0.15, 0.2) is 42.7 Å². The summed E-state index contributed by atoms with van der Waals surface area (Å²) < 4.78 is 95.7. The number of hydrogen-bond donors (Lipinski definition) is 1. The van der Waals surface area contributed by atoms with Gasteiger partial charge in [0.1, 0.15) is 5.82 Å². The van der Waals surface area contributed by atoms with Crippen LogP contribution in [0.4, 0.5) is 42.5 Å². The predicted octanol–water partition coefficient (Wildman–Crippen LogP) is 5.93. The number of ether oxygens (including phenoxy) is 2. The van der Waals surface area contributed by atoms with E-state index in [1.54, 1.807) is 18.7 Å². The fourth-order valence-corrected chi connectivity index (χ4v) is 6.53. The van der Waals surface area contributed by atoms with Gasteiger partial charge in [-0.1, -0.05) is 6.92 Å². The molecule has 0 radical (unpaired) electrons. The van der Waals surface area contributed by atoms with Crippen LogP contribution in [0, 0.1) is 0 Å². The number of amides is 2. The van der Waals surface area contributed by atoms with Crippen molar-refractivity contribution in [2.24, 2.45) is 5.73 Å². The van der Waals surface area contributed by atoms with Crippen LogP contribution in [0.3, 0.4) is 0 Å². The first-order valence-electron chi connectivity index (χ1n) is 15.9. The molecule has 4 heterocycles. The van der Waals surface area contributed by atoms with Crippen molar-refractivity contribution in [1.29, 1.82) is 0 Å². The SMILES string of the molecule is CCOC(=O)N1c2ccc(OC)nc2[C@H](C(c2cc(C(F)(F)F)cc(C(F)(F)F)c2)c2ncc(N3CCN(C(C)=O)CC3)cn2)C[C@@]1(N)CC. The maximum atomic E-state index is 14.2. The summed E-state index contributed by atoms with van der Waals surface area (Å²) in [6.07, 6.45) is -8.20. The smallest absolute Gasteiger partial charge is 0.416 e. The number of pyridine rings is 1. The number of carbonyl (C=O) groups is 2. The Morgan fingerprint density at radius 2 is 1.58 bits per heavy atom. The van der Waals surface area contributed by atoms with Crippen molar-refractivity contribution < 1.29 is 45.4 Å². The molecule has 2 amide bonds. The molecule has 3 aromatic rings. The largest absolute Gasteiger partial charge is 0.481 e. The summed E-state index contributed by atoms with van der Waals surface area (Å²) >= 11 is 0. The van der Waals surface area contributed by atoms with E-state index in [1.165, 1.54) is 43.5 Å². The summed E-state index contributed by atoms with van der Waals surface area (Å²) in [4.78, 5) is 43.5. The number of carbonyl (C=O) groups excluding carboxylic acids is 2. The number of benzene rings is 1. The number of fused-ring (bicyclic) bond motifs is 1. The highest BCUT2D eigenvalue weighted by Gasteiger charge is 2.50. The van der Waals surface area contributed by atoms with Crippen LogP contribution in [0.5, 0.6) is 5.88 Å². The third kappa shape index (κ3) is 7.27. The van der Waals surface area contributed by atoms with Gasteiger partial charge in [0, 0.05) is 45.1 Å². The second kappa shape index (κ2) is 13.9. The Kier molecular flexibility index (Phi) is 10.2. The van der Waals surface area contributed by atoms with Gasteiger partial charge in [0.05, 0.1) is 65.9 Å². The van der Waals surface area contributed by atoms with Crippen LogP contribution in [0.2, 0.25) is 0 Å². The predicted molar refractivity (Wildman–Crippen MR) is 170 cm³/mol. The molecule has 2 aliphatic heterocycles. The van der Waals surface area contributed by atoms with E-state index in [0.29, 0.717) is 44.0 Å². The summed E-state index contributed by atoms with van der Waals surface area (Å²) in [5.41, 5.74) is 2.80. The van der Waals surface area contributed by atoms with Crippen molar-refractivity contribution in [2.45, 2.75) is 63.5 Å². The number of nitrogens with zero attached hydrogens (tertiary/aromatic N) is 6. The van der Waals surface area contributed by atoms with E-state index < -0.39 is 47.1 Å². The minimum absolute atomic E-state index is 0.00847. The van der Waals surface area contributed by atoms with Gasteiger partial charge in [-0.25, -0.2) is 19.7 Å². The molecular formula is C33H37F6N7O4. The van der Waals surface area contributed by atoms with Gasteiger partial charge in [0.2, 0.25) is 11.8 Å². The van der Waals surface area contributed by atoms with Crippen LogP contribution >= 0.6 is 0 Å². The topological polar surface area (TPSA) is 127 Å². The summed E-state index contributed by atoms with van der Waals surface area (Å²) in [5.74, 6) is -2.49. The van der Waals surface area contributed by atoms with E-state index in [2.05, 4.69) is 15.0 Å². The molecule has 270 valence electrons. The van der Waals surface area contributed by atoms with E-state index in [4.69, 9.17) is 15.2 Å². The zero-order valence-corrected chi connectivity index (χ0v) is 27.8. The third-order valence-electron chi connectivity index (χ3n) is 9.16. The number of alkyl halides is 6. The zero-order valence-electron chi connectivity index (χ0n) is 27.8. The molecule has 1 unspecified atom stereocenters. The average molecular weight is 710 g/mol. The summed E-state index contributed by atoms with van der Waals surface area (Å²) in [7, 11) is 1.34. The van der Waals surface area contributed by atoms with E-state index in [1.807, 2.05) is 4.90 Å². The average Bonchev–Trinajstić information content (AvgIpc) is 3.07. The van der Waals surface area contributed by atoms with Crippen molar-refractivity contribution in [2.75, 3.05) is 49.7 Å². The number of hydrogen-bond acceptors (Lipinski definition) is 9. The number of aromatic nitrogens is 3. The highest BCUT2D eigenvalue weighted by atomic mass is 19.4. The molecule has 0 spiro atoms. The molecule has 2 aliphatic rings. The normalized spacial score (nSPS) is 20.3. The lowest BCUT2D eigenvalue weighted by Crippen LogP contribution is -2.62. The highest BCUT2D eigenvalue weighted by Crippen LogP contribution is 2.51. The van der Waals surface area contributed by atoms with Crippen molar-refractivity contribution in [3.8, 4) is 5.88 Å². The minimum atomic E-state index is -5.12. The Balaban J connectivity index is 1.72. The number of halogens is 6. The Bertz CT molecular complexity index is 1680. The van der Waals surface area contributed by atoms with Gasteiger partial charge in [0.15, 0.2) is 0 Å². The molecule has 5 rings (SSSR count). The van der Waals surface area contributed by atoms with Crippen molar-refractivity contribution in [1.82, 2.24) is 19.9 Å². The molecule has 2 aromatic heterocycles. The molecule has 2 N–H and O–H groups in total. The van der Waals surface area contributed by atoms with E-state index in [0.717, 1.165) is 0 Å². The molecular weight excluding hydrogens is 672 g/mol. The Morgan fingerprint density at radius 1 is 0.980 bits per heavy atom. The molecule has 1 fully saturated rings. The number of methoxy groups -OCH3 is 1. The molecule has 1 saturated heterocycles. The minimum Gasteiger partial charge on any atom is -0.481 e. The van der Waals surface area contributed by atoms with E-state index in [-0.39, 0.29) is 60.1 Å². The first kappa shape index (κ1) is 36.6. The van der Waals surface area contributed by atoms with Crippen LogP contribution < -0.4 is 20.3 Å². The van der Waals surface area contributed by atoms with Gasteiger partial charge in [-0.3, -0.25) is 9.69 Å². The fraction of sp³-hybridized carbons (Fsp3) is 0.485. The monoisotopic (exact) mass is 709 g/mol. The molecule has 0 aliphatic carbocycles. The van der Waals surface area contributed by atoms with Gasteiger partial charge in [-0.05, 0) is 49.6 Å². The summed E-state index contributed by atoms with van der Waals surface area (Å²) in [6, 6.07) is 4.32. The lowest BCUT2D eigenvalue weighted by molar-refractivity contribution is -0.143. The van der Waals surface area contributed by atoms with Crippen LogP contribution in [0.25, 0.3) is 0 Å². The van der Waals surface area contributed by atoms with Gasteiger partial charge >= 0.3 is 18.4 Å². The molecule has 50 heavy (non-hydrogen) atoms. The lowest BCUT2D eigenvalue weighted by atomic mass is 9.73. The molecule has 0 bridgehead atoms. The number of anilines is 2. The lowest BCUT2D eigenvalue weighted by Gasteiger charge is -2.48. The van der Waals surface area contributed by atoms with Gasteiger partial charge < -0.3 is 25.0 Å². The first-order chi connectivity index (χ1) is 23.5. The van der Waals surface area contributed by atoms with E-state index >= 15 is 0 Å². The maximum absolute atomic E-state index is 14.2. The van der Waals surface area contributed by atoms with Crippen molar-refractivity contribution in [3.63, 3.8) is 0 Å². The second-order valence-corrected chi connectivity index (χ2v) is 12.2. The fourth-order valence-electron chi connectivity index (χ4n) is 6.53. The van der Waals surface area contributed by atoms with Gasteiger partial charge in [-0.15, -0.1) is 0 Å². The Labute approximate surface area is 284 Å². The number of rotatable bonds is 7. The number of nitrogens with two attached hydrogens (primary N) is 1. The van der Waals surface area contributed by atoms with Crippen LogP contribution in [-0.4, -0.2) is 77.4 Å². The molecule has 17 heteroatoms. The van der Waals surface area contributed by atoms with E-state index in [9.17, 15) is 35.9 Å². The highest BCUT2D eigenvalue weighted by molar-refractivity contribution is 5.91. The third-order valence-corrected chi connectivity index (χ3v) is 9.16. The van der Waals surface area contributed by atoms with Gasteiger partial charge in [0.25, 0.3) is 0 Å². The molecule has 3 atom stereocenters. The Morgan fingerprint density at radius 3 is 2.08 bits per heavy atom. The summed E-state index contributed by atoms with van der Waals surface area (Å²) in [5, 5.41) is 0. The van der Waals surface area contributed by atoms with Crippen LogP contribution in [0.1, 0.15) is 73.7 Å². The van der Waals surface area contributed by atoms with Gasteiger partial charge in [-0.2, -0.15) is 26.3 Å². The summed E-state index contributed by atoms with van der Waals surface area (Å²) in [6.45, 7) is 6.60. The second-order valence-electron chi connectivity index (χ2n) is 12.2. The first-order valence-corrected chi connectivity index (χ1v) is 15.9.